The lowest BCUT2D eigenvalue weighted by Crippen LogP contribution is -2.58. The van der Waals surface area contributed by atoms with Crippen LogP contribution in [0.25, 0.3) is 0 Å². The number of rotatable bonds is 9. The number of phosphoric ester groups is 2. The zero-order valence-electron chi connectivity index (χ0n) is 18.4. The van der Waals surface area contributed by atoms with Crippen LogP contribution >= 0.6 is 15.6 Å². The van der Waals surface area contributed by atoms with Crippen molar-refractivity contribution in [2.24, 2.45) is 0 Å². The van der Waals surface area contributed by atoms with E-state index >= 15 is 0 Å². The number of H-pyrrole nitrogens is 1. The van der Waals surface area contributed by atoms with Crippen LogP contribution < -0.4 is 11.2 Å². The maximum Gasteiger partial charge on any atom is 0.485 e. The maximum atomic E-state index is 13.6. The summed E-state index contributed by atoms with van der Waals surface area (Å²) in [5.41, 5.74) is -2.67. The molecule has 0 spiro atoms. The van der Waals surface area contributed by atoms with Crippen LogP contribution in [0.15, 0.2) is 15.8 Å². The minimum atomic E-state index is -5.62. The molecule has 2 aliphatic rings. The van der Waals surface area contributed by atoms with E-state index < -0.39 is 94.8 Å². The maximum absolute atomic E-state index is 13.6. The Kier molecular flexibility index (Phi) is 9.23. The first-order valence-electron chi connectivity index (χ1n) is 10.0. The van der Waals surface area contributed by atoms with Gasteiger partial charge in [0.1, 0.15) is 36.6 Å². The lowest BCUT2D eigenvalue weighted by Gasteiger charge is -2.39. The molecule has 8 N–H and O–H groups in total. The molecule has 19 nitrogen and oxygen atoms in total. The van der Waals surface area contributed by atoms with Crippen molar-refractivity contribution in [3.8, 4) is 0 Å². The van der Waals surface area contributed by atoms with Crippen molar-refractivity contribution < 1.29 is 76.4 Å². The molecule has 0 aromatic carbocycles. The van der Waals surface area contributed by atoms with Crippen molar-refractivity contribution in [1.29, 1.82) is 0 Å². The first kappa shape index (κ1) is 30.1. The molecule has 0 bridgehead atoms. The third kappa shape index (κ3) is 6.41. The summed E-state index contributed by atoms with van der Waals surface area (Å²) < 4.78 is 67.1. The fraction of sp³-hybridized carbons (Fsp3) is 0.733. The van der Waals surface area contributed by atoms with E-state index in [1.54, 1.807) is 4.98 Å². The summed E-state index contributed by atoms with van der Waals surface area (Å²) in [4.78, 5) is 34.7. The van der Waals surface area contributed by atoms with Crippen molar-refractivity contribution in [2.75, 3.05) is 13.7 Å². The second kappa shape index (κ2) is 11.3. The van der Waals surface area contributed by atoms with Crippen molar-refractivity contribution in [3.63, 3.8) is 0 Å². The van der Waals surface area contributed by atoms with Gasteiger partial charge in [-0.3, -0.25) is 27.9 Å². The van der Waals surface area contributed by atoms with Gasteiger partial charge in [-0.25, -0.2) is 13.9 Å². The highest BCUT2D eigenvalue weighted by Gasteiger charge is 2.52. The quantitative estimate of drug-likeness (QED) is 0.128. The topological polar surface area (TPSA) is 286 Å². The number of aliphatic hydroxyl groups is 6. The second-order valence-corrected chi connectivity index (χ2v) is 10.9. The van der Waals surface area contributed by atoms with E-state index in [2.05, 4.69) is 13.4 Å². The molecule has 0 aliphatic carbocycles. The Bertz CT molecular complexity index is 1180. The average Bonchev–Trinajstić information content (AvgIpc) is 3.09. The molecule has 1 aromatic heterocycles. The number of aliphatic hydroxyl groups excluding tert-OH is 6. The monoisotopic (exact) mass is 584 g/mol. The highest BCUT2D eigenvalue weighted by Crippen LogP contribution is 2.65. The number of phosphoric acid groups is 2. The van der Waals surface area contributed by atoms with Crippen molar-refractivity contribution in [1.82, 2.24) is 9.55 Å². The smallest absolute Gasteiger partial charge is 0.394 e. The summed E-state index contributed by atoms with van der Waals surface area (Å²) in [6, 6.07) is 0. The van der Waals surface area contributed by atoms with E-state index in [9.17, 15) is 53.5 Å². The summed E-state index contributed by atoms with van der Waals surface area (Å²) in [6.07, 6.45) is -17.8. The molecule has 3 rings (SSSR count). The standard InChI is InChI=1S/C15H23FN2O17P2/c1-30-37(29,35-36(27,28)33-13-9(23)7(21)6(20)5(3-19)31-13)34-14-10(24)8(22)12(32-14)18-2-4(16)11(25)17-15(18)26/h2,5-10,12-14,19-24H,3H2,1H3,(H,27,28)(H,17,25,26)/t5-,6+,7+,8-,9-,10+,12-,13-,14-,37?/m1/s1. The molecular formula is C15H23FN2O17P2. The summed E-state index contributed by atoms with van der Waals surface area (Å²) in [6.45, 7) is -0.913. The first-order chi connectivity index (χ1) is 17.1. The van der Waals surface area contributed by atoms with E-state index in [1.165, 1.54) is 0 Å². The molecule has 37 heavy (non-hydrogen) atoms. The molecule has 2 aliphatic heterocycles. The molecule has 0 amide bonds. The summed E-state index contributed by atoms with van der Waals surface area (Å²) in [5, 5.41) is 58.9. The van der Waals surface area contributed by atoms with Gasteiger partial charge in [0.2, 0.25) is 5.82 Å². The second-order valence-electron chi connectivity index (χ2n) is 7.61. The fourth-order valence-electron chi connectivity index (χ4n) is 3.25. The van der Waals surface area contributed by atoms with E-state index in [0.717, 1.165) is 0 Å². The number of nitrogens with one attached hydrogen (secondary N) is 1. The molecule has 0 radical (unpaired) electrons. The Labute approximate surface area is 204 Å². The van der Waals surface area contributed by atoms with Gasteiger partial charge in [0.25, 0.3) is 5.56 Å². The van der Waals surface area contributed by atoms with Gasteiger partial charge in [0.15, 0.2) is 18.8 Å². The predicted molar refractivity (Wildman–Crippen MR) is 109 cm³/mol. The van der Waals surface area contributed by atoms with Gasteiger partial charge in [-0.05, 0) is 0 Å². The molecule has 11 atom stereocenters. The summed E-state index contributed by atoms with van der Waals surface area (Å²) >= 11 is 0. The highest BCUT2D eigenvalue weighted by molar-refractivity contribution is 7.61. The van der Waals surface area contributed by atoms with E-state index in [1.807, 2.05) is 0 Å². The molecule has 2 fully saturated rings. The van der Waals surface area contributed by atoms with Crippen LogP contribution in [0.4, 0.5) is 4.39 Å². The van der Waals surface area contributed by atoms with Crippen molar-refractivity contribution in [3.05, 3.63) is 32.9 Å². The van der Waals surface area contributed by atoms with Gasteiger partial charge < -0.3 is 45.0 Å². The molecule has 2 saturated heterocycles. The number of nitrogens with zero attached hydrogens (tertiary/aromatic N) is 1. The van der Waals surface area contributed by atoms with Crippen LogP contribution in [-0.4, -0.2) is 108 Å². The zero-order chi connectivity index (χ0) is 27.9. The number of aromatic nitrogens is 2. The minimum absolute atomic E-state index is 0.325. The molecule has 0 saturated carbocycles. The summed E-state index contributed by atoms with van der Waals surface area (Å²) in [7, 11) is -10.2. The Balaban J connectivity index is 1.74. The molecule has 212 valence electrons. The highest BCUT2D eigenvalue weighted by atomic mass is 31.3. The van der Waals surface area contributed by atoms with Gasteiger partial charge >= 0.3 is 21.3 Å². The van der Waals surface area contributed by atoms with Gasteiger partial charge in [0.05, 0.1) is 12.8 Å². The number of aromatic amines is 1. The molecular weight excluding hydrogens is 561 g/mol. The Morgan fingerprint density at radius 2 is 1.59 bits per heavy atom. The Hall–Kier alpha value is -1.45. The number of hydrogen-bond donors (Lipinski definition) is 8. The zero-order valence-corrected chi connectivity index (χ0v) is 20.2. The molecule has 3 heterocycles. The van der Waals surface area contributed by atoms with Gasteiger partial charge in [0, 0.05) is 7.11 Å². The van der Waals surface area contributed by atoms with Crippen LogP contribution in [0, 0.1) is 5.82 Å². The van der Waals surface area contributed by atoms with Gasteiger partial charge in [-0.2, -0.15) is 8.70 Å². The van der Waals surface area contributed by atoms with E-state index in [-0.39, 0.29) is 0 Å². The number of halogens is 1. The normalized spacial score (nSPS) is 37.7. The van der Waals surface area contributed by atoms with Crippen LogP contribution in [0.5, 0.6) is 0 Å². The van der Waals surface area contributed by atoms with Crippen LogP contribution in [0.1, 0.15) is 6.23 Å². The van der Waals surface area contributed by atoms with Crippen molar-refractivity contribution in [2.45, 2.75) is 55.4 Å². The van der Waals surface area contributed by atoms with Gasteiger partial charge in [-0.1, -0.05) is 0 Å². The van der Waals surface area contributed by atoms with E-state index in [0.29, 0.717) is 17.9 Å². The third-order valence-electron chi connectivity index (χ3n) is 5.14. The first-order valence-corrected chi connectivity index (χ1v) is 13.0. The number of ether oxygens (including phenoxy) is 2. The Morgan fingerprint density at radius 3 is 2.19 bits per heavy atom. The SMILES string of the molecule is COP(=O)(O[C@H]1O[C@@H](n2cc(F)c(=O)[nH]c2=O)[C@H](O)[C@@H]1O)OP(=O)(O)O[C@H]1O[C@H](CO)[C@H](O)[C@H](O)[C@H]1O. The van der Waals surface area contributed by atoms with Crippen LogP contribution in [0.2, 0.25) is 0 Å². The fourth-order valence-corrected chi connectivity index (χ4v) is 5.79. The van der Waals surface area contributed by atoms with Crippen molar-refractivity contribution >= 4 is 15.6 Å². The van der Waals surface area contributed by atoms with E-state index in [4.69, 9.17) is 19.1 Å². The predicted octanol–water partition coefficient (Wildman–Crippen LogP) is -4.04. The lowest BCUT2D eigenvalue weighted by atomic mass is 10.00. The Morgan fingerprint density at radius 1 is 1.00 bits per heavy atom. The molecule has 1 aromatic rings. The van der Waals surface area contributed by atoms with Crippen LogP contribution in [0.3, 0.4) is 0 Å². The lowest BCUT2D eigenvalue weighted by molar-refractivity contribution is -0.280. The van der Waals surface area contributed by atoms with Crippen LogP contribution in [-0.2, 0) is 36.5 Å². The third-order valence-corrected chi connectivity index (χ3v) is 8.15. The van der Waals surface area contributed by atoms with Gasteiger partial charge in [-0.15, -0.1) is 0 Å². The summed E-state index contributed by atoms with van der Waals surface area (Å²) in [5.74, 6) is -1.47. The average molecular weight is 584 g/mol. The molecule has 22 heteroatoms. The largest absolute Gasteiger partial charge is 0.485 e. The minimum Gasteiger partial charge on any atom is -0.394 e. The molecule has 2 unspecified atom stereocenters. The number of hydrogen-bond acceptors (Lipinski definition) is 16.